The van der Waals surface area contributed by atoms with Crippen molar-refractivity contribution in [2.75, 3.05) is 0 Å². The van der Waals surface area contributed by atoms with Gasteiger partial charge in [0.1, 0.15) is 0 Å². The van der Waals surface area contributed by atoms with E-state index in [1.165, 1.54) is 6.20 Å². The van der Waals surface area contributed by atoms with E-state index < -0.39 is 17.1 Å². The Morgan fingerprint density at radius 3 is 2.14 bits per heavy atom. The van der Waals surface area contributed by atoms with Crippen LogP contribution in [-0.2, 0) is 12.8 Å². The minimum Gasteiger partial charge on any atom is -0.390 e. The zero-order chi connectivity index (χ0) is 16.3. The van der Waals surface area contributed by atoms with E-state index in [4.69, 9.17) is 5.73 Å². The molecular formula is C16H26N2O3. The summed E-state index contributed by atoms with van der Waals surface area (Å²) < 4.78 is 0. The Labute approximate surface area is 126 Å². The largest absolute Gasteiger partial charge is 0.390 e. The molecule has 1 aromatic heterocycles. The molecule has 1 amide bonds. The molecule has 0 bridgehead atoms. The lowest BCUT2D eigenvalue weighted by molar-refractivity contribution is 0.0710. The number of carbonyl (C=O) groups is 1. The van der Waals surface area contributed by atoms with Crippen LogP contribution in [0.1, 0.15) is 62.2 Å². The van der Waals surface area contributed by atoms with Crippen molar-refractivity contribution in [3.8, 4) is 0 Å². The predicted molar refractivity (Wildman–Crippen MR) is 82.0 cm³/mol. The zero-order valence-corrected chi connectivity index (χ0v) is 13.3. The summed E-state index contributed by atoms with van der Waals surface area (Å²) in [5.74, 6) is -0.512. The number of aromatic nitrogens is 1. The number of amides is 1. The van der Waals surface area contributed by atoms with E-state index in [0.717, 1.165) is 11.3 Å². The Hall–Kier alpha value is -1.46. The van der Waals surface area contributed by atoms with Gasteiger partial charge >= 0.3 is 0 Å². The molecule has 1 heterocycles. The van der Waals surface area contributed by atoms with Crippen molar-refractivity contribution in [2.24, 2.45) is 5.73 Å². The second kappa shape index (κ2) is 6.54. The molecule has 5 nitrogen and oxygen atoms in total. The van der Waals surface area contributed by atoms with Gasteiger partial charge in [0.2, 0.25) is 0 Å². The van der Waals surface area contributed by atoms with Gasteiger partial charge in [-0.25, -0.2) is 0 Å². The lowest BCUT2D eigenvalue weighted by atomic mass is 9.94. The van der Waals surface area contributed by atoms with E-state index in [9.17, 15) is 15.0 Å². The van der Waals surface area contributed by atoms with Gasteiger partial charge < -0.3 is 15.9 Å². The number of hydrogen-bond donors (Lipinski definition) is 3. The summed E-state index contributed by atoms with van der Waals surface area (Å²) in [7, 11) is 0. The lowest BCUT2D eigenvalue weighted by Crippen LogP contribution is -2.22. The second-order valence-corrected chi connectivity index (χ2v) is 6.82. The lowest BCUT2D eigenvalue weighted by Gasteiger charge is -2.19. The first-order valence-electron chi connectivity index (χ1n) is 7.20. The van der Waals surface area contributed by atoms with Crippen molar-refractivity contribution in [3.05, 3.63) is 29.1 Å². The Balaban J connectivity index is 2.93. The van der Waals surface area contributed by atoms with Gasteiger partial charge in [0.25, 0.3) is 5.91 Å². The van der Waals surface area contributed by atoms with Gasteiger partial charge in [-0.2, -0.15) is 0 Å². The van der Waals surface area contributed by atoms with Gasteiger partial charge in [0, 0.05) is 11.9 Å². The summed E-state index contributed by atoms with van der Waals surface area (Å²) in [4.78, 5) is 15.7. The van der Waals surface area contributed by atoms with E-state index in [0.29, 0.717) is 31.2 Å². The van der Waals surface area contributed by atoms with E-state index in [2.05, 4.69) is 4.98 Å². The van der Waals surface area contributed by atoms with Crippen LogP contribution in [0.4, 0.5) is 0 Å². The third-order valence-electron chi connectivity index (χ3n) is 3.31. The number of nitrogens with zero attached hydrogens (tertiary/aromatic N) is 1. The Bertz CT molecular complexity index is 499. The molecule has 118 valence electrons. The molecule has 0 aliphatic carbocycles. The highest BCUT2D eigenvalue weighted by atomic mass is 16.3. The van der Waals surface area contributed by atoms with Gasteiger partial charge in [-0.1, -0.05) is 0 Å². The number of carbonyl (C=O) groups excluding carboxylic acids is 1. The molecule has 0 saturated heterocycles. The van der Waals surface area contributed by atoms with Crippen LogP contribution in [0, 0.1) is 0 Å². The number of hydrogen-bond acceptors (Lipinski definition) is 4. The van der Waals surface area contributed by atoms with Crippen LogP contribution in [0.25, 0.3) is 0 Å². The molecule has 0 radical (unpaired) electrons. The van der Waals surface area contributed by atoms with E-state index in [1.54, 1.807) is 27.7 Å². The first kappa shape index (κ1) is 17.6. The first-order valence-corrected chi connectivity index (χ1v) is 7.20. The fraction of sp³-hybridized carbons (Fsp3) is 0.625. The molecular weight excluding hydrogens is 268 g/mol. The van der Waals surface area contributed by atoms with Gasteiger partial charge in [-0.05, 0) is 65.0 Å². The van der Waals surface area contributed by atoms with E-state index in [-0.39, 0.29) is 0 Å². The van der Waals surface area contributed by atoms with Crippen molar-refractivity contribution in [1.29, 1.82) is 0 Å². The maximum absolute atomic E-state index is 11.5. The molecule has 0 atom stereocenters. The van der Waals surface area contributed by atoms with E-state index >= 15 is 0 Å². The molecule has 0 aromatic carbocycles. The predicted octanol–water partition coefficient (Wildman–Crippen LogP) is 1.59. The number of pyridine rings is 1. The second-order valence-electron chi connectivity index (χ2n) is 6.82. The maximum Gasteiger partial charge on any atom is 0.250 e. The summed E-state index contributed by atoms with van der Waals surface area (Å²) >= 11 is 0. The van der Waals surface area contributed by atoms with Gasteiger partial charge in [0.15, 0.2) is 0 Å². The average Bonchev–Trinajstić information content (AvgIpc) is 2.32. The molecule has 0 aliphatic rings. The van der Waals surface area contributed by atoms with Crippen LogP contribution in [-0.4, -0.2) is 32.3 Å². The standard InChI is InChI=1S/C16H26N2O3/c1-15(2,20)7-5-11-9-12(6-8-16(3,4)21)18-10-13(11)14(17)19/h9-10,20-21H,5-8H2,1-4H3,(H2,17,19). The Morgan fingerprint density at radius 1 is 1.14 bits per heavy atom. The molecule has 21 heavy (non-hydrogen) atoms. The third kappa shape index (κ3) is 6.69. The highest BCUT2D eigenvalue weighted by Crippen LogP contribution is 2.19. The molecule has 0 aliphatic heterocycles. The van der Waals surface area contributed by atoms with Gasteiger partial charge in [-0.15, -0.1) is 0 Å². The Morgan fingerprint density at radius 2 is 1.67 bits per heavy atom. The highest BCUT2D eigenvalue weighted by molar-refractivity contribution is 5.94. The SMILES string of the molecule is CC(C)(O)CCc1cc(CCC(C)(C)O)c(C(N)=O)cn1. The maximum atomic E-state index is 11.5. The van der Waals surface area contributed by atoms with Crippen molar-refractivity contribution in [1.82, 2.24) is 4.98 Å². The summed E-state index contributed by atoms with van der Waals surface area (Å²) in [5, 5.41) is 19.6. The molecule has 0 saturated carbocycles. The summed E-state index contributed by atoms with van der Waals surface area (Å²) in [5.41, 5.74) is 5.82. The first-order chi connectivity index (χ1) is 9.48. The summed E-state index contributed by atoms with van der Waals surface area (Å²) in [6.07, 6.45) is 3.78. The van der Waals surface area contributed by atoms with Crippen LogP contribution < -0.4 is 5.73 Å². The van der Waals surface area contributed by atoms with Crippen LogP contribution in [0.5, 0.6) is 0 Å². The molecule has 5 heteroatoms. The van der Waals surface area contributed by atoms with Crippen molar-refractivity contribution in [3.63, 3.8) is 0 Å². The normalized spacial score (nSPS) is 12.5. The number of nitrogens with two attached hydrogens (primary N) is 1. The molecule has 0 fully saturated rings. The van der Waals surface area contributed by atoms with Crippen molar-refractivity contribution >= 4 is 5.91 Å². The monoisotopic (exact) mass is 294 g/mol. The fourth-order valence-corrected chi connectivity index (χ4v) is 1.99. The molecule has 1 rings (SSSR count). The van der Waals surface area contributed by atoms with Crippen LogP contribution in [0.3, 0.4) is 0 Å². The summed E-state index contributed by atoms with van der Waals surface area (Å²) in [6.45, 7) is 6.96. The van der Waals surface area contributed by atoms with E-state index in [1.807, 2.05) is 6.07 Å². The zero-order valence-electron chi connectivity index (χ0n) is 13.3. The van der Waals surface area contributed by atoms with Crippen molar-refractivity contribution < 1.29 is 15.0 Å². The molecule has 4 N–H and O–H groups in total. The minimum absolute atomic E-state index is 0.395. The fourth-order valence-electron chi connectivity index (χ4n) is 1.99. The number of aliphatic hydroxyl groups is 2. The topological polar surface area (TPSA) is 96.4 Å². The quantitative estimate of drug-likeness (QED) is 0.711. The number of aryl methyl sites for hydroxylation is 2. The molecule has 1 aromatic rings. The summed E-state index contributed by atoms with van der Waals surface area (Å²) in [6, 6.07) is 1.84. The Kier molecular flexibility index (Phi) is 5.48. The number of rotatable bonds is 7. The van der Waals surface area contributed by atoms with Crippen LogP contribution in [0.2, 0.25) is 0 Å². The average molecular weight is 294 g/mol. The van der Waals surface area contributed by atoms with Crippen molar-refractivity contribution in [2.45, 2.75) is 64.6 Å². The highest BCUT2D eigenvalue weighted by Gasteiger charge is 2.17. The third-order valence-corrected chi connectivity index (χ3v) is 3.31. The van der Waals surface area contributed by atoms with Gasteiger partial charge in [-0.3, -0.25) is 9.78 Å². The molecule has 0 spiro atoms. The van der Waals surface area contributed by atoms with Crippen LogP contribution in [0.15, 0.2) is 12.3 Å². The number of primary amides is 1. The molecule has 0 unspecified atom stereocenters. The minimum atomic E-state index is -0.800. The van der Waals surface area contributed by atoms with Crippen LogP contribution >= 0.6 is 0 Å². The van der Waals surface area contributed by atoms with Gasteiger partial charge in [0.05, 0.1) is 16.8 Å². The smallest absolute Gasteiger partial charge is 0.250 e.